The van der Waals surface area contributed by atoms with Gasteiger partial charge in [-0.15, -0.1) is 0 Å². The Morgan fingerprint density at radius 2 is 1.29 bits per heavy atom. The van der Waals surface area contributed by atoms with Crippen molar-refractivity contribution in [1.29, 1.82) is 0 Å². The van der Waals surface area contributed by atoms with Crippen molar-refractivity contribution in [3.05, 3.63) is 83.7 Å². The number of halogens is 4. The zero-order valence-electron chi connectivity index (χ0n) is 13.0. The van der Waals surface area contributed by atoms with Gasteiger partial charge < -0.3 is 0 Å². The fourth-order valence-corrected chi connectivity index (χ4v) is 3.96. The molecule has 0 radical (unpaired) electrons. The average Bonchev–Trinajstić information content (AvgIpc) is 2.56. The summed E-state index contributed by atoms with van der Waals surface area (Å²) in [6.45, 7) is 0. The third-order valence-electron chi connectivity index (χ3n) is 3.76. The van der Waals surface area contributed by atoms with Gasteiger partial charge in [-0.25, -0.2) is 4.39 Å². The van der Waals surface area contributed by atoms with Crippen LogP contribution in [-0.4, -0.2) is 4.93 Å². The van der Waals surface area contributed by atoms with Crippen molar-refractivity contribution in [3.8, 4) is 22.3 Å². The third-order valence-corrected chi connectivity index (χ3v) is 5.41. The molecule has 0 saturated heterocycles. The van der Waals surface area contributed by atoms with Crippen molar-refractivity contribution in [3.63, 3.8) is 0 Å². The maximum absolute atomic E-state index is 14.5. The van der Waals surface area contributed by atoms with Crippen molar-refractivity contribution in [1.82, 2.24) is 0 Å². The zero-order valence-corrected chi connectivity index (χ0v) is 15.1. The molecule has 0 aliphatic rings. The molecule has 0 nitrogen and oxygen atoms in total. The van der Waals surface area contributed by atoms with Crippen molar-refractivity contribution >= 4 is 0 Å². The Morgan fingerprint density at radius 1 is 0.708 bits per heavy atom. The Morgan fingerprint density at radius 3 is 1.92 bits per heavy atom. The van der Waals surface area contributed by atoms with Crippen molar-refractivity contribution in [2.75, 3.05) is 4.93 Å². The third kappa shape index (κ3) is 3.64. The molecule has 124 valence electrons. The second kappa shape index (κ2) is 7.38. The fraction of sp³-hybridized carbons (Fsp3) is 0.100. The van der Waals surface area contributed by atoms with Crippen LogP contribution in [0.1, 0.15) is 5.56 Å². The van der Waals surface area contributed by atoms with Gasteiger partial charge in [0.25, 0.3) is 0 Å². The SMILES string of the molecule is C[I-]Cc1ccc(-c2ccc(-c3ccc(F)cc3F)cc2F)cc1. The normalized spacial score (nSPS) is 11.0. The summed E-state index contributed by atoms with van der Waals surface area (Å²) >= 11 is 0.185. The van der Waals surface area contributed by atoms with Crippen molar-refractivity contribution in [2.45, 2.75) is 4.43 Å². The molecule has 0 bridgehead atoms. The topological polar surface area (TPSA) is 0 Å². The second-order valence-electron chi connectivity index (χ2n) is 5.42. The summed E-state index contributed by atoms with van der Waals surface area (Å²) in [6, 6.07) is 15.7. The monoisotopic (exact) mass is 439 g/mol. The van der Waals surface area contributed by atoms with Crippen LogP contribution in [0.5, 0.6) is 0 Å². The molecule has 0 saturated carbocycles. The van der Waals surface area contributed by atoms with Gasteiger partial charge >= 0.3 is 139 Å². The van der Waals surface area contributed by atoms with E-state index in [0.717, 1.165) is 16.1 Å². The van der Waals surface area contributed by atoms with Crippen LogP contribution in [-0.2, 0) is 4.43 Å². The molecule has 0 amide bonds. The quantitative estimate of drug-likeness (QED) is 0.434. The van der Waals surface area contributed by atoms with Crippen molar-refractivity contribution in [2.24, 2.45) is 0 Å². The second-order valence-corrected chi connectivity index (χ2v) is 7.70. The van der Waals surface area contributed by atoms with Gasteiger partial charge in [-0.3, -0.25) is 0 Å². The van der Waals surface area contributed by atoms with Crippen molar-refractivity contribution < 1.29 is 34.4 Å². The molecule has 0 fully saturated rings. The van der Waals surface area contributed by atoms with Gasteiger partial charge in [-0.05, 0) is 0 Å². The van der Waals surface area contributed by atoms with Crippen LogP contribution in [0.3, 0.4) is 0 Å². The molecule has 3 aromatic rings. The minimum atomic E-state index is -0.700. The number of rotatable bonds is 4. The average molecular weight is 439 g/mol. The van der Waals surface area contributed by atoms with Crippen LogP contribution in [0.4, 0.5) is 13.2 Å². The summed E-state index contributed by atoms with van der Waals surface area (Å²) in [5, 5.41) is 0. The van der Waals surface area contributed by atoms with E-state index < -0.39 is 17.5 Å². The van der Waals surface area contributed by atoms with Crippen LogP contribution in [0.2, 0.25) is 0 Å². The summed E-state index contributed by atoms with van der Waals surface area (Å²) < 4.78 is 42.4. The van der Waals surface area contributed by atoms with E-state index in [1.807, 2.05) is 24.3 Å². The molecule has 3 aromatic carbocycles. The Kier molecular flexibility index (Phi) is 5.23. The molecule has 3 rings (SSSR count). The zero-order chi connectivity index (χ0) is 17.1. The van der Waals surface area contributed by atoms with E-state index in [0.29, 0.717) is 11.1 Å². The Bertz CT molecular complexity index is 857. The first-order chi connectivity index (χ1) is 11.6. The van der Waals surface area contributed by atoms with Gasteiger partial charge in [0.1, 0.15) is 5.82 Å². The van der Waals surface area contributed by atoms with Crippen LogP contribution < -0.4 is 21.2 Å². The van der Waals surface area contributed by atoms with Gasteiger partial charge in [-0.1, -0.05) is 0 Å². The Labute approximate surface area is 149 Å². The Balaban J connectivity index is 1.95. The minimum absolute atomic E-state index is 0.184. The maximum atomic E-state index is 14.5. The predicted octanol–water partition coefficient (Wildman–Crippen LogP) is 2.66. The molecule has 24 heavy (non-hydrogen) atoms. The molecule has 0 unspecified atom stereocenters. The molecule has 0 heterocycles. The molecule has 0 atom stereocenters. The van der Waals surface area contributed by atoms with Gasteiger partial charge in [0, 0.05) is 0 Å². The number of hydrogen-bond donors (Lipinski definition) is 0. The molecule has 0 aliphatic carbocycles. The van der Waals surface area contributed by atoms with E-state index in [9.17, 15) is 13.2 Å². The van der Waals surface area contributed by atoms with Crippen LogP contribution in [0.15, 0.2) is 60.7 Å². The Hall–Kier alpha value is -1.82. The molecule has 0 N–H and O–H groups in total. The van der Waals surface area contributed by atoms with E-state index >= 15 is 0 Å². The number of alkyl halides is 2. The van der Waals surface area contributed by atoms with Crippen LogP contribution in [0, 0.1) is 17.5 Å². The standard InChI is InChI=1S/C20H15F3I/c1-24-12-13-2-4-14(5-3-13)17-8-6-15(10-19(17)22)18-9-7-16(21)11-20(18)23/h2-11H,12H2,1H3/q-1. The van der Waals surface area contributed by atoms with E-state index in [1.54, 1.807) is 12.1 Å². The molecule has 4 heteroatoms. The molecule has 0 aromatic heterocycles. The molecule has 0 spiro atoms. The summed E-state index contributed by atoms with van der Waals surface area (Å²) in [5.74, 6) is -1.77. The first-order valence-corrected chi connectivity index (χ1v) is 11.0. The summed E-state index contributed by atoms with van der Waals surface area (Å²) in [5.41, 5.74) is 3.10. The van der Waals surface area contributed by atoms with Crippen LogP contribution >= 0.6 is 0 Å². The van der Waals surface area contributed by atoms with Crippen LogP contribution in [0.25, 0.3) is 22.3 Å². The summed E-state index contributed by atoms with van der Waals surface area (Å²) in [4.78, 5) is 2.22. The van der Waals surface area contributed by atoms with Gasteiger partial charge in [0.05, 0.1) is 0 Å². The van der Waals surface area contributed by atoms with E-state index in [4.69, 9.17) is 0 Å². The molecule has 0 aliphatic heterocycles. The van der Waals surface area contributed by atoms with E-state index in [2.05, 4.69) is 4.93 Å². The fourth-order valence-electron chi connectivity index (χ4n) is 2.57. The first kappa shape index (κ1) is 17.0. The summed E-state index contributed by atoms with van der Waals surface area (Å²) in [6.07, 6.45) is 0. The molecular weight excluding hydrogens is 424 g/mol. The predicted molar refractivity (Wildman–Crippen MR) is 86.8 cm³/mol. The van der Waals surface area contributed by atoms with E-state index in [-0.39, 0.29) is 26.8 Å². The first-order valence-electron chi connectivity index (χ1n) is 7.36. The van der Waals surface area contributed by atoms with Gasteiger partial charge in [0.15, 0.2) is 0 Å². The number of benzene rings is 3. The summed E-state index contributed by atoms with van der Waals surface area (Å²) in [7, 11) is 0. The van der Waals surface area contributed by atoms with Gasteiger partial charge in [-0.2, -0.15) is 0 Å². The van der Waals surface area contributed by atoms with E-state index in [1.165, 1.54) is 23.8 Å². The molecular formula is C20H15F3I-. The number of hydrogen-bond acceptors (Lipinski definition) is 0. The van der Waals surface area contributed by atoms with Gasteiger partial charge in [0.2, 0.25) is 0 Å².